The third-order valence-corrected chi connectivity index (χ3v) is 4.77. The molecule has 1 N–H and O–H groups in total. The zero-order valence-corrected chi connectivity index (χ0v) is 15.1. The molecule has 3 heteroatoms. The van der Waals surface area contributed by atoms with E-state index in [0.717, 1.165) is 11.3 Å². The number of aryl methyl sites for hydroxylation is 1. The highest BCUT2D eigenvalue weighted by Gasteiger charge is 2.24. The Morgan fingerprint density at radius 2 is 1.70 bits per heavy atom. The van der Waals surface area contributed by atoms with Gasteiger partial charge in [-0.2, -0.15) is 0 Å². The van der Waals surface area contributed by atoms with Crippen LogP contribution in [-0.2, 0) is 11.2 Å². The van der Waals surface area contributed by atoms with E-state index in [9.17, 15) is 4.79 Å². The second-order valence-corrected chi connectivity index (χ2v) is 8.02. The zero-order valence-electron chi connectivity index (χ0n) is 14.3. The average molecular weight is 327 g/mol. The summed E-state index contributed by atoms with van der Waals surface area (Å²) < 4.78 is 0. The Hall–Kier alpha value is -1.74. The maximum Gasteiger partial charge on any atom is 0.233 e. The van der Waals surface area contributed by atoms with Crippen molar-refractivity contribution in [2.24, 2.45) is 0 Å². The Morgan fingerprint density at radius 1 is 1.09 bits per heavy atom. The van der Waals surface area contributed by atoms with Crippen molar-refractivity contribution in [3.63, 3.8) is 0 Å². The largest absolute Gasteiger partial charge is 0.350 e. The summed E-state index contributed by atoms with van der Waals surface area (Å²) in [6.45, 7) is 8.16. The van der Waals surface area contributed by atoms with Gasteiger partial charge in [0.05, 0.1) is 5.25 Å². The summed E-state index contributed by atoms with van der Waals surface area (Å²) in [5, 5.41) is 3.06. The first-order valence-electron chi connectivity index (χ1n) is 7.95. The topological polar surface area (TPSA) is 29.1 Å². The summed E-state index contributed by atoms with van der Waals surface area (Å²) >= 11 is 1.60. The predicted molar refractivity (Wildman–Crippen MR) is 98.9 cm³/mol. The van der Waals surface area contributed by atoms with Gasteiger partial charge in [-0.05, 0) is 51.8 Å². The van der Waals surface area contributed by atoms with Crippen LogP contribution in [-0.4, -0.2) is 16.7 Å². The van der Waals surface area contributed by atoms with Crippen molar-refractivity contribution < 1.29 is 4.79 Å². The van der Waals surface area contributed by atoms with Crippen molar-refractivity contribution in [1.82, 2.24) is 5.32 Å². The molecule has 0 bridgehead atoms. The van der Waals surface area contributed by atoms with Crippen LogP contribution in [0.25, 0.3) is 0 Å². The summed E-state index contributed by atoms with van der Waals surface area (Å²) in [6, 6.07) is 18.6. The summed E-state index contributed by atoms with van der Waals surface area (Å²) in [4.78, 5) is 13.6. The molecule has 0 heterocycles. The number of nitrogens with one attached hydrogen (secondary N) is 1. The van der Waals surface area contributed by atoms with E-state index in [-0.39, 0.29) is 16.7 Å². The molecule has 0 unspecified atom stereocenters. The van der Waals surface area contributed by atoms with E-state index in [4.69, 9.17) is 0 Å². The van der Waals surface area contributed by atoms with Gasteiger partial charge in [-0.1, -0.05) is 48.0 Å². The van der Waals surface area contributed by atoms with E-state index in [0.29, 0.717) is 0 Å². The van der Waals surface area contributed by atoms with E-state index in [2.05, 4.69) is 62.5 Å². The number of carbonyl (C=O) groups excluding carboxylic acids is 1. The minimum atomic E-state index is -0.263. The lowest BCUT2D eigenvalue weighted by Gasteiger charge is -2.28. The summed E-state index contributed by atoms with van der Waals surface area (Å²) in [5.41, 5.74) is 2.20. The third kappa shape index (κ3) is 5.76. The van der Waals surface area contributed by atoms with Crippen molar-refractivity contribution in [1.29, 1.82) is 0 Å². The van der Waals surface area contributed by atoms with Crippen LogP contribution >= 0.6 is 11.8 Å². The zero-order chi connectivity index (χ0) is 16.9. The quantitative estimate of drug-likeness (QED) is 0.785. The minimum Gasteiger partial charge on any atom is -0.350 e. The van der Waals surface area contributed by atoms with Gasteiger partial charge < -0.3 is 5.32 Å². The molecule has 0 aliphatic rings. The fraction of sp³-hybridized carbons (Fsp3) is 0.350. The Kier molecular flexibility index (Phi) is 5.89. The maximum absolute atomic E-state index is 12.5. The molecule has 0 aliphatic heterocycles. The second kappa shape index (κ2) is 7.69. The molecule has 23 heavy (non-hydrogen) atoms. The minimum absolute atomic E-state index is 0.0801. The van der Waals surface area contributed by atoms with Crippen molar-refractivity contribution in [2.45, 2.75) is 49.8 Å². The number of thioether (sulfide) groups is 1. The molecule has 2 nitrogen and oxygen atoms in total. The Labute approximate surface area is 143 Å². The van der Waals surface area contributed by atoms with Crippen LogP contribution < -0.4 is 5.32 Å². The van der Waals surface area contributed by atoms with Gasteiger partial charge in [-0.25, -0.2) is 0 Å². The number of amides is 1. The van der Waals surface area contributed by atoms with Crippen LogP contribution in [0.5, 0.6) is 0 Å². The molecule has 2 aromatic rings. The van der Waals surface area contributed by atoms with E-state index in [1.807, 2.05) is 25.1 Å². The Balaban J connectivity index is 1.92. The standard InChI is InChI=1S/C20H25NOS/c1-15-10-12-18(13-11-15)23-16(2)19(22)21-20(3,4)14-17-8-6-5-7-9-17/h5-13,16H,14H2,1-4H3,(H,21,22)/t16-/m0/s1. The first kappa shape index (κ1) is 17.6. The first-order chi connectivity index (χ1) is 10.9. The lowest BCUT2D eigenvalue weighted by atomic mass is 9.95. The molecule has 0 saturated heterocycles. The van der Waals surface area contributed by atoms with Gasteiger partial charge in [0.2, 0.25) is 5.91 Å². The van der Waals surface area contributed by atoms with Crippen LogP contribution in [0.2, 0.25) is 0 Å². The highest BCUT2D eigenvalue weighted by molar-refractivity contribution is 8.00. The fourth-order valence-corrected chi connectivity index (χ4v) is 3.33. The smallest absolute Gasteiger partial charge is 0.233 e. The van der Waals surface area contributed by atoms with Crippen LogP contribution in [0, 0.1) is 6.92 Å². The van der Waals surface area contributed by atoms with Crippen LogP contribution in [0.4, 0.5) is 0 Å². The molecule has 0 aliphatic carbocycles. The van der Waals surface area contributed by atoms with Crippen molar-refractivity contribution in [3.05, 3.63) is 65.7 Å². The average Bonchev–Trinajstić information content (AvgIpc) is 2.49. The molecule has 0 spiro atoms. The molecule has 1 amide bonds. The van der Waals surface area contributed by atoms with Crippen LogP contribution in [0.15, 0.2) is 59.5 Å². The highest BCUT2D eigenvalue weighted by atomic mass is 32.2. The number of hydrogen-bond acceptors (Lipinski definition) is 2. The van der Waals surface area contributed by atoms with Gasteiger partial charge >= 0.3 is 0 Å². The molecular formula is C20H25NOS. The number of rotatable bonds is 6. The molecule has 1 atom stereocenters. The monoisotopic (exact) mass is 327 g/mol. The summed E-state index contributed by atoms with van der Waals surface area (Å²) in [5.74, 6) is 0.0801. The van der Waals surface area contributed by atoms with E-state index < -0.39 is 0 Å². The number of carbonyl (C=O) groups is 1. The molecule has 2 rings (SSSR count). The molecule has 0 fully saturated rings. The lowest BCUT2D eigenvalue weighted by molar-refractivity contribution is -0.121. The molecule has 122 valence electrons. The van der Waals surface area contributed by atoms with E-state index in [1.54, 1.807) is 11.8 Å². The first-order valence-corrected chi connectivity index (χ1v) is 8.83. The van der Waals surface area contributed by atoms with E-state index in [1.165, 1.54) is 11.1 Å². The van der Waals surface area contributed by atoms with Crippen LogP contribution in [0.1, 0.15) is 31.9 Å². The van der Waals surface area contributed by atoms with Crippen molar-refractivity contribution >= 4 is 17.7 Å². The number of benzene rings is 2. The predicted octanol–water partition coefficient (Wildman–Crippen LogP) is 4.61. The second-order valence-electron chi connectivity index (χ2n) is 6.61. The van der Waals surface area contributed by atoms with Gasteiger partial charge in [0.1, 0.15) is 0 Å². The molecule has 0 radical (unpaired) electrons. The van der Waals surface area contributed by atoms with Crippen LogP contribution in [0.3, 0.4) is 0 Å². The maximum atomic E-state index is 12.5. The van der Waals surface area contributed by atoms with Crippen molar-refractivity contribution in [3.8, 4) is 0 Å². The van der Waals surface area contributed by atoms with Gasteiger partial charge in [0.15, 0.2) is 0 Å². The summed E-state index contributed by atoms with van der Waals surface area (Å²) in [6.07, 6.45) is 0.821. The normalized spacial score (nSPS) is 12.7. The Morgan fingerprint density at radius 3 is 2.30 bits per heavy atom. The highest BCUT2D eigenvalue weighted by Crippen LogP contribution is 2.24. The van der Waals surface area contributed by atoms with Gasteiger partial charge in [0, 0.05) is 10.4 Å². The third-order valence-electron chi connectivity index (χ3n) is 3.65. The van der Waals surface area contributed by atoms with Crippen molar-refractivity contribution in [2.75, 3.05) is 0 Å². The molecular weight excluding hydrogens is 302 g/mol. The molecule has 0 aromatic heterocycles. The Bertz CT molecular complexity index is 634. The van der Waals surface area contributed by atoms with Gasteiger partial charge in [-0.3, -0.25) is 4.79 Å². The fourth-order valence-electron chi connectivity index (χ4n) is 2.46. The van der Waals surface area contributed by atoms with Gasteiger partial charge in [-0.15, -0.1) is 11.8 Å². The molecule has 0 saturated carbocycles. The SMILES string of the molecule is Cc1ccc(S[C@@H](C)C(=O)NC(C)(C)Cc2ccccc2)cc1. The van der Waals surface area contributed by atoms with E-state index >= 15 is 0 Å². The summed E-state index contributed by atoms with van der Waals surface area (Å²) in [7, 11) is 0. The van der Waals surface area contributed by atoms with Gasteiger partial charge in [0.25, 0.3) is 0 Å². The number of hydrogen-bond donors (Lipinski definition) is 1. The lowest BCUT2D eigenvalue weighted by Crippen LogP contribution is -2.47. The molecule has 2 aromatic carbocycles.